The van der Waals surface area contributed by atoms with Gasteiger partial charge in [0.25, 0.3) is 0 Å². The molecule has 2 rings (SSSR count). The lowest BCUT2D eigenvalue weighted by atomic mass is 10.0. The molecule has 2 N–H and O–H groups in total. The lowest BCUT2D eigenvalue weighted by molar-refractivity contribution is -0.0156. The van der Waals surface area contributed by atoms with Crippen molar-refractivity contribution >= 4 is 12.2 Å². The lowest BCUT2D eigenvalue weighted by Gasteiger charge is -2.19. The lowest BCUT2D eigenvalue weighted by Crippen LogP contribution is -2.28. The molecule has 0 amide bonds. The Bertz CT molecular complexity index is 603. The number of aliphatic hydroxyl groups excluding tert-OH is 1. The molecule has 0 fully saturated rings. The summed E-state index contributed by atoms with van der Waals surface area (Å²) >= 11 is 4.93. The summed E-state index contributed by atoms with van der Waals surface area (Å²) in [5.41, 5.74) is 0.738. The topological polar surface area (TPSA) is 67.2 Å². The molecule has 0 saturated heterocycles. The maximum absolute atomic E-state index is 12.0. The van der Waals surface area contributed by atoms with Crippen LogP contribution in [0.2, 0.25) is 0 Å². The molecular formula is C14H20N2O3S. The van der Waals surface area contributed by atoms with Crippen LogP contribution >= 0.6 is 12.2 Å². The molecule has 20 heavy (non-hydrogen) atoms. The molecule has 1 aromatic heterocycles. The average molecular weight is 296 g/mol. The predicted octanol–water partition coefficient (Wildman–Crippen LogP) is 2.16. The molecule has 5 nitrogen and oxygen atoms in total. The first-order valence-electron chi connectivity index (χ1n) is 6.79. The van der Waals surface area contributed by atoms with Gasteiger partial charge in [-0.25, -0.2) is 4.79 Å². The Morgan fingerprint density at radius 3 is 2.90 bits per heavy atom. The Morgan fingerprint density at radius 2 is 2.30 bits per heavy atom. The van der Waals surface area contributed by atoms with Crippen LogP contribution in [0.25, 0.3) is 0 Å². The largest absolute Gasteiger partial charge is 0.393 e. The number of aromatic amines is 1. The third-order valence-corrected chi connectivity index (χ3v) is 3.55. The van der Waals surface area contributed by atoms with E-state index in [1.807, 2.05) is 6.08 Å². The van der Waals surface area contributed by atoms with Crippen LogP contribution in [0.4, 0.5) is 0 Å². The molecule has 0 radical (unpaired) electrons. The number of nitrogens with zero attached hydrogens (tertiary/aromatic N) is 1. The van der Waals surface area contributed by atoms with Crippen molar-refractivity contribution in [1.82, 2.24) is 9.55 Å². The van der Waals surface area contributed by atoms with E-state index in [0.29, 0.717) is 10.6 Å². The first-order chi connectivity index (χ1) is 9.51. The SMILES string of the molecule is CC(C)CCC1=C[C@H](CO)O[C@@H]1n1ccc(=S)[nH]c1=O. The summed E-state index contributed by atoms with van der Waals surface area (Å²) in [6, 6.07) is 1.66. The molecular weight excluding hydrogens is 276 g/mol. The second kappa shape index (κ2) is 6.47. The Kier molecular flexibility index (Phi) is 4.91. The van der Waals surface area contributed by atoms with Crippen molar-refractivity contribution in [2.75, 3.05) is 6.61 Å². The fraction of sp³-hybridized carbons (Fsp3) is 0.571. The fourth-order valence-electron chi connectivity index (χ4n) is 2.23. The number of H-pyrrole nitrogens is 1. The van der Waals surface area contributed by atoms with Crippen molar-refractivity contribution in [3.63, 3.8) is 0 Å². The number of rotatable bonds is 5. The van der Waals surface area contributed by atoms with Crippen LogP contribution in [0.5, 0.6) is 0 Å². The highest BCUT2D eigenvalue weighted by molar-refractivity contribution is 7.71. The minimum Gasteiger partial charge on any atom is -0.393 e. The Morgan fingerprint density at radius 1 is 1.55 bits per heavy atom. The highest BCUT2D eigenvalue weighted by Crippen LogP contribution is 2.31. The van der Waals surface area contributed by atoms with Gasteiger partial charge in [-0.05, 0) is 36.5 Å². The molecule has 6 heteroatoms. The third kappa shape index (κ3) is 3.45. The molecule has 2 heterocycles. The second-order valence-electron chi connectivity index (χ2n) is 5.40. The molecule has 0 saturated carbocycles. The maximum Gasteiger partial charge on any atom is 0.328 e. The van der Waals surface area contributed by atoms with Gasteiger partial charge in [0.1, 0.15) is 10.7 Å². The highest BCUT2D eigenvalue weighted by atomic mass is 32.1. The summed E-state index contributed by atoms with van der Waals surface area (Å²) in [4.78, 5) is 14.6. The van der Waals surface area contributed by atoms with Crippen molar-refractivity contribution in [3.8, 4) is 0 Å². The summed E-state index contributed by atoms with van der Waals surface area (Å²) < 4.78 is 7.61. The smallest absolute Gasteiger partial charge is 0.328 e. The van der Waals surface area contributed by atoms with Crippen molar-refractivity contribution in [2.24, 2.45) is 5.92 Å². The van der Waals surface area contributed by atoms with Gasteiger partial charge in [0, 0.05) is 6.20 Å². The van der Waals surface area contributed by atoms with Crippen molar-refractivity contribution in [3.05, 3.63) is 39.0 Å². The van der Waals surface area contributed by atoms with Crippen molar-refractivity contribution < 1.29 is 9.84 Å². The van der Waals surface area contributed by atoms with Gasteiger partial charge >= 0.3 is 5.69 Å². The first-order valence-corrected chi connectivity index (χ1v) is 7.20. The van der Waals surface area contributed by atoms with Gasteiger partial charge in [-0.3, -0.25) is 9.55 Å². The third-order valence-electron chi connectivity index (χ3n) is 3.31. The van der Waals surface area contributed by atoms with Gasteiger partial charge in [-0.2, -0.15) is 0 Å². The molecule has 2 atom stereocenters. The van der Waals surface area contributed by atoms with Gasteiger partial charge in [-0.1, -0.05) is 26.1 Å². The minimum absolute atomic E-state index is 0.0841. The van der Waals surface area contributed by atoms with E-state index in [1.165, 1.54) is 4.57 Å². The molecule has 1 aliphatic heterocycles. The van der Waals surface area contributed by atoms with Crippen LogP contribution in [-0.4, -0.2) is 27.4 Å². The van der Waals surface area contributed by atoms with Gasteiger partial charge in [0.05, 0.1) is 6.61 Å². The number of hydrogen-bond acceptors (Lipinski definition) is 4. The van der Waals surface area contributed by atoms with E-state index in [0.717, 1.165) is 18.4 Å². The molecule has 0 unspecified atom stereocenters. The van der Waals surface area contributed by atoms with Crippen LogP contribution in [0, 0.1) is 10.6 Å². The second-order valence-corrected chi connectivity index (χ2v) is 5.84. The zero-order valence-electron chi connectivity index (χ0n) is 11.7. The van der Waals surface area contributed by atoms with E-state index in [4.69, 9.17) is 17.0 Å². The molecule has 110 valence electrons. The van der Waals surface area contributed by atoms with E-state index in [1.54, 1.807) is 12.3 Å². The summed E-state index contributed by atoms with van der Waals surface area (Å²) in [5, 5.41) is 9.26. The number of hydrogen-bond donors (Lipinski definition) is 2. The van der Waals surface area contributed by atoms with Gasteiger partial charge in [-0.15, -0.1) is 0 Å². The normalized spacial score (nSPS) is 22.3. The quantitative estimate of drug-likeness (QED) is 0.645. The number of aromatic nitrogens is 2. The standard InChI is InChI=1S/C14H20N2O3S/c1-9(2)3-4-10-7-11(8-17)19-13(10)16-6-5-12(20)15-14(16)18/h5-7,9,11,13,17H,3-4,8H2,1-2H3,(H,15,18,20)/t11-,13+/m1/s1. The molecule has 0 aliphatic carbocycles. The van der Waals surface area contributed by atoms with E-state index in [9.17, 15) is 9.90 Å². The average Bonchev–Trinajstić information content (AvgIpc) is 2.79. The van der Waals surface area contributed by atoms with Crippen LogP contribution in [0.15, 0.2) is 28.7 Å². The molecule has 0 bridgehead atoms. The predicted molar refractivity (Wildman–Crippen MR) is 79.0 cm³/mol. The van der Waals surface area contributed by atoms with E-state index < -0.39 is 6.23 Å². The number of aliphatic hydroxyl groups is 1. The Balaban J connectivity index is 2.27. The van der Waals surface area contributed by atoms with Gasteiger partial charge < -0.3 is 9.84 Å². The monoisotopic (exact) mass is 296 g/mol. The van der Waals surface area contributed by atoms with Gasteiger partial charge in [0.15, 0.2) is 6.23 Å². The van der Waals surface area contributed by atoms with Crippen LogP contribution in [0.1, 0.15) is 32.9 Å². The number of nitrogens with one attached hydrogen (secondary N) is 1. The van der Waals surface area contributed by atoms with E-state index in [-0.39, 0.29) is 18.4 Å². The van der Waals surface area contributed by atoms with Crippen LogP contribution < -0.4 is 5.69 Å². The zero-order valence-corrected chi connectivity index (χ0v) is 12.5. The summed E-state index contributed by atoms with van der Waals surface area (Å²) in [6.07, 6.45) is 4.61. The van der Waals surface area contributed by atoms with Crippen molar-refractivity contribution in [2.45, 2.75) is 39.0 Å². The highest BCUT2D eigenvalue weighted by Gasteiger charge is 2.28. The maximum atomic E-state index is 12.0. The summed E-state index contributed by atoms with van der Waals surface area (Å²) in [5.74, 6) is 0.572. The first kappa shape index (κ1) is 15.2. The molecule has 0 spiro atoms. The van der Waals surface area contributed by atoms with Crippen LogP contribution in [-0.2, 0) is 4.74 Å². The summed E-state index contributed by atoms with van der Waals surface area (Å²) in [6.45, 7) is 4.22. The minimum atomic E-state index is -0.453. The molecule has 1 aliphatic rings. The van der Waals surface area contributed by atoms with Crippen molar-refractivity contribution in [1.29, 1.82) is 0 Å². The Labute approximate surface area is 122 Å². The fourth-order valence-corrected chi connectivity index (χ4v) is 2.38. The zero-order chi connectivity index (χ0) is 14.7. The Hall–Kier alpha value is -1.24. The summed E-state index contributed by atoms with van der Waals surface area (Å²) in [7, 11) is 0. The van der Waals surface area contributed by atoms with E-state index >= 15 is 0 Å². The van der Waals surface area contributed by atoms with E-state index in [2.05, 4.69) is 18.8 Å². The van der Waals surface area contributed by atoms with Crippen LogP contribution in [0.3, 0.4) is 0 Å². The molecule has 1 aromatic rings. The van der Waals surface area contributed by atoms with Gasteiger partial charge in [0.2, 0.25) is 0 Å². The number of ether oxygens (including phenoxy) is 1. The molecule has 0 aromatic carbocycles.